The number of rotatable bonds is 7. The van der Waals surface area contributed by atoms with Crippen molar-refractivity contribution < 1.29 is 14.3 Å². The molecule has 0 aromatic heterocycles. The molecule has 0 aliphatic heterocycles. The van der Waals surface area contributed by atoms with Crippen LogP contribution < -0.4 is 14.9 Å². The fraction of sp³-hybridized carbons (Fsp3) is 0.0476. The van der Waals surface area contributed by atoms with E-state index in [0.29, 0.717) is 16.5 Å². The fourth-order valence-electron chi connectivity index (χ4n) is 2.23. The topological polar surface area (TPSA) is 59.9 Å². The van der Waals surface area contributed by atoms with Gasteiger partial charge in [-0.15, -0.1) is 0 Å². The van der Waals surface area contributed by atoms with Crippen LogP contribution in [0.4, 0.5) is 0 Å². The SMILES string of the molecule is O=C(COc1ccc(Br)cc1Cl)NN=Cc1cccc(Oc2ccccc2)c1. The molecule has 3 aromatic carbocycles. The van der Waals surface area contributed by atoms with Gasteiger partial charge >= 0.3 is 0 Å². The molecule has 0 radical (unpaired) electrons. The van der Waals surface area contributed by atoms with E-state index in [1.54, 1.807) is 18.2 Å². The Morgan fingerprint density at radius 3 is 2.61 bits per heavy atom. The molecule has 0 spiro atoms. The van der Waals surface area contributed by atoms with Gasteiger partial charge in [0.2, 0.25) is 0 Å². The summed E-state index contributed by atoms with van der Waals surface area (Å²) in [5.74, 6) is 1.45. The first-order valence-electron chi connectivity index (χ1n) is 8.33. The Bertz CT molecular complexity index is 980. The van der Waals surface area contributed by atoms with Crippen LogP contribution in [-0.4, -0.2) is 18.7 Å². The minimum Gasteiger partial charge on any atom is -0.482 e. The summed E-state index contributed by atoms with van der Waals surface area (Å²) in [5.41, 5.74) is 3.20. The van der Waals surface area contributed by atoms with Crippen LogP contribution in [0.1, 0.15) is 5.56 Å². The average Bonchev–Trinajstić information content (AvgIpc) is 2.68. The van der Waals surface area contributed by atoms with Crippen molar-refractivity contribution in [2.45, 2.75) is 0 Å². The van der Waals surface area contributed by atoms with Gasteiger partial charge in [-0.25, -0.2) is 5.43 Å². The second kappa shape index (κ2) is 9.92. The monoisotopic (exact) mass is 458 g/mol. The van der Waals surface area contributed by atoms with Crippen LogP contribution in [0.15, 0.2) is 82.4 Å². The predicted molar refractivity (Wildman–Crippen MR) is 113 cm³/mol. The van der Waals surface area contributed by atoms with E-state index in [9.17, 15) is 4.79 Å². The molecule has 0 aliphatic rings. The molecule has 0 fully saturated rings. The van der Waals surface area contributed by atoms with E-state index in [2.05, 4.69) is 26.5 Å². The summed E-state index contributed by atoms with van der Waals surface area (Å²) in [5, 5.41) is 4.36. The summed E-state index contributed by atoms with van der Waals surface area (Å²) in [7, 11) is 0. The Hall–Kier alpha value is -2.83. The lowest BCUT2D eigenvalue weighted by molar-refractivity contribution is -0.123. The van der Waals surface area contributed by atoms with Crippen LogP contribution in [0.25, 0.3) is 0 Å². The number of hydrogen-bond acceptors (Lipinski definition) is 4. The first kappa shape index (κ1) is 19.9. The molecule has 5 nitrogen and oxygen atoms in total. The van der Waals surface area contributed by atoms with Gasteiger partial charge in [-0.2, -0.15) is 5.10 Å². The predicted octanol–water partition coefficient (Wildman–Crippen LogP) is 5.42. The highest BCUT2D eigenvalue weighted by Crippen LogP contribution is 2.27. The maximum Gasteiger partial charge on any atom is 0.277 e. The molecular weight excluding hydrogens is 444 g/mol. The van der Waals surface area contributed by atoms with Crippen molar-refractivity contribution in [3.05, 3.63) is 87.9 Å². The zero-order chi connectivity index (χ0) is 19.8. The number of para-hydroxylation sites is 1. The van der Waals surface area contributed by atoms with Crippen LogP contribution >= 0.6 is 27.5 Å². The summed E-state index contributed by atoms with van der Waals surface area (Å²) >= 11 is 9.35. The van der Waals surface area contributed by atoms with Crippen LogP contribution in [0.3, 0.4) is 0 Å². The second-order valence-corrected chi connectivity index (χ2v) is 6.97. The number of halogens is 2. The Labute approximate surface area is 176 Å². The van der Waals surface area contributed by atoms with Gasteiger partial charge in [0.15, 0.2) is 6.61 Å². The Balaban J connectivity index is 1.51. The van der Waals surface area contributed by atoms with Crippen molar-refractivity contribution >= 4 is 39.7 Å². The van der Waals surface area contributed by atoms with E-state index in [0.717, 1.165) is 15.8 Å². The molecule has 0 saturated carbocycles. The first-order valence-corrected chi connectivity index (χ1v) is 9.50. The van der Waals surface area contributed by atoms with Gasteiger partial charge in [-0.05, 0) is 48.0 Å². The highest BCUT2D eigenvalue weighted by atomic mass is 79.9. The molecule has 0 unspecified atom stereocenters. The molecule has 0 bridgehead atoms. The van der Waals surface area contributed by atoms with Gasteiger partial charge in [0.25, 0.3) is 5.91 Å². The number of hydrazone groups is 1. The summed E-state index contributed by atoms with van der Waals surface area (Å²) in [6.07, 6.45) is 1.53. The third-order valence-electron chi connectivity index (χ3n) is 3.49. The minimum absolute atomic E-state index is 0.199. The van der Waals surface area contributed by atoms with Crippen molar-refractivity contribution in [2.24, 2.45) is 5.10 Å². The molecule has 1 amide bonds. The Morgan fingerprint density at radius 2 is 1.82 bits per heavy atom. The van der Waals surface area contributed by atoms with E-state index in [4.69, 9.17) is 21.1 Å². The molecular formula is C21H16BrClN2O3. The van der Waals surface area contributed by atoms with Gasteiger partial charge in [-0.3, -0.25) is 4.79 Å². The number of carbonyl (C=O) groups excluding carboxylic acids is 1. The van der Waals surface area contributed by atoms with E-state index >= 15 is 0 Å². The minimum atomic E-state index is -0.396. The maximum atomic E-state index is 11.9. The number of carbonyl (C=O) groups is 1. The number of nitrogens with one attached hydrogen (secondary N) is 1. The summed E-state index contributed by atoms with van der Waals surface area (Å²) in [4.78, 5) is 11.9. The molecule has 0 atom stereocenters. The van der Waals surface area contributed by atoms with Crippen molar-refractivity contribution in [3.8, 4) is 17.2 Å². The highest BCUT2D eigenvalue weighted by molar-refractivity contribution is 9.10. The fourth-order valence-corrected chi connectivity index (χ4v) is 2.96. The second-order valence-electron chi connectivity index (χ2n) is 5.64. The van der Waals surface area contributed by atoms with Gasteiger partial charge in [0.05, 0.1) is 11.2 Å². The number of ether oxygens (including phenoxy) is 2. The van der Waals surface area contributed by atoms with E-state index in [1.807, 2.05) is 54.6 Å². The molecule has 3 aromatic rings. The van der Waals surface area contributed by atoms with Crippen LogP contribution in [0.5, 0.6) is 17.2 Å². The van der Waals surface area contributed by atoms with Crippen molar-refractivity contribution in [2.75, 3.05) is 6.61 Å². The van der Waals surface area contributed by atoms with Crippen molar-refractivity contribution in [1.82, 2.24) is 5.43 Å². The molecule has 142 valence electrons. The normalized spacial score (nSPS) is 10.6. The lowest BCUT2D eigenvalue weighted by atomic mass is 10.2. The van der Waals surface area contributed by atoms with E-state index in [1.165, 1.54) is 6.21 Å². The van der Waals surface area contributed by atoms with Crippen molar-refractivity contribution in [1.29, 1.82) is 0 Å². The molecule has 0 heterocycles. The highest BCUT2D eigenvalue weighted by Gasteiger charge is 2.05. The van der Waals surface area contributed by atoms with Gasteiger partial charge in [-0.1, -0.05) is 57.9 Å². The number of benzene rings is 3. The van der Waals surface area contributed by atoms with Gasteiger partial charge < -0.3 is 9.47 Å². The molecule has 28 heavy (non-hydrogen) atoms. The zero-order valence-electron chi connectivity index (χ0n) is 14.6. The lowest BCUT2D eigenvalue weighted by Crippen LogP contribution is -2.24. The third-order valence-corrected chi connectivity index (χ3v) is 4.28. The third kappa shape index (κ3) is 6.11. The quantitative estimate of drug-likeness (QED) is 0.379. The summed E-state index contributed by atoms with van der Waals surface area (Å²) < 4.78 is 12.0. The van der Waals surface area contributed by atoms with Crippen molar-refractivity contribution in [3.63, 3.8) is 0 Å². The average molecular weight is 460 g/mol. The first-order chi connectivity index (χ1) is 13.6. The standard InChI is InChI=1S/C21H16BrClN2O3/c22-16-9-10-20(19(23)12-16)27-14-21(26)25-24-13-15-5-4-8-18(11-15)28-17-6-2-1-3-7-17/h1-13H,14H2,(H,25,26). The summed E-state index contributed by atoms with van der Waals surface area (Å²) in [6, 6.07) is 22.0. The number of hydrogen-bond donors (Lipinski definition) is 1. The largest absolute Gasteiger partial charge is 0.482 e. The van der Waals surface area contributed by atoms with Crippen LogP contribution in [0, 0.1) is 0 Å². The Kier molecular flexibility index (Phi) is 7.06. The lowest BCUT2D eigenvalue weighted by Gasteiger charge is -2.07. The molecule has 0 saturated heterocycles. The molecule has 1 N–H and O–H groups in total. The summed E-state index contributed by atoms with van der Waals surface area (Å²) in [6.45, 7) is -0.199. The zero-order valence-corrected chi connectivity index (χ0v) is 17.0. The molecule has 7 heteroatoms. The number of nitrogens with zero attached hydrogens (tertiary/aromatic N) is 1. The van der Waals surface area contributed by atoms with Crippen LogP contribution in [-0.2, 0) is 4.79 Å². The Morgan fingerprint density at radius 1 is 1.04 bits per heavy atom. The van der Waals surface area contributed by atoms with Crippen LogP contribution in [0.2, 0.25) is 5.02 Å². The van der Waals surface area contributed by atoms with Gasteiger partial charge in [0, 0.05) is 4.47 Å². The van der Waals surface area contributed by atoms with E-state index < -0.39 is 5.91 Å². The number of amides is 1. The van der Waals surface area contributed by atoms with Gasteiger partial charge in [0.1, 0.15) is 17.2 Å². The molecule has 0 aliphatic carbocycles. The van der Waals surface area contributed by atoms with E-state index in [-0.39, 0.29) is 6.61 Å². The maximum absolute atomic E-state index is 11.9. The smallest absolute Gasteiger partial charge is 0.277 e. The molecule has 3 rings (SSSR count).